The number of benzene rings is 1. The van der Waals surface area contributed by atoms with Crippen molar-refractivity contribution in [3.05, 3.63) is 29.8 Å². The molecular formula is C7H10O3S. The van der Waals surface area contributed by atoms with Crippen molar-refractivity contribution in [3.63, 3.8) is 0 Å². The summed E-state index contributed by atoms with van der Waals surface area (Å²) in [7, 11) is 0. The first-order chi connectivity index (χ1) is 5.33. The van der Waals surface area contributed by atoms with E-state index in [1.165, 1.54) is 5.56 Å². The van der Waals surface area contributed by atoms with E-state index in [0.29, 0.717) is 0 Å². The predicted molar refractivity (Wildman–Crippen MR) is 44.9 cm³/mol. The molecule has 0 bridgehead atoms. The molecule has 0 saturated heterocycles. The predicted octanol–water partition coefficient (Wildman–Crippen LogP) is 2.58. The van der Waals surface area contributed by atoms with E-state index in [1.807, 2.05) is 31.2 Å². The minimum atomic E-state index is 0.777. The van der Waals surface area contributed by atoms with Crippen LogP contribution in [0.2, 0.25) is 0 Å². The van der Waals surface area contributed by atoms with E-state index in [9.17, 15) is 0 Å². The molecule has 0 saturated carbocycles. The van der Waals surface area contributed by atoms with Crippen molar-refractivity contribution in [1.29, 1.82) is 0 Å². The van der Waals surface area contributed by atoms with E-state index >= 15 is 0 Å². The summed E-state index contributed by atoms with van der Waals surface area (Å²) in [5, 5.41) is 12.0. The lowest BCUT2D eigenvalue weighted by Gasteiger charge is -1.92. The van der Waals surface area contributed by atoms with Gasteiger partial charge in [0.2, 0.25) is 0 Å². The molecule has 0 radical (unpaired) electrons. The van der Waals surface area contributed by atoms with Crippen molar-refractivity contribution in [2.24, 2.45) is 0 Å². The van der Waals surface area contributed by atoms with Gasteiger partial charge in [0.15, 0.2) is 0 Å². The monoisotopic (exact) mass is 174 g/mol. The normalized spacial score (nSPS) is 8.36. The number of hydrogen-bond donors (Lipinski definition) is 3. The molecule has 0 fully saturated rings. The highest BCUT2D eigenvalue weighted by molar-refractivity contribution is 7.93. The molecule has 1 aromatic carbocycles. The summed E-state index contributed by atoms with van der Waals surface area (Å²) in [5.74, 6) is 0. The Hall–Kier alpha value is -0.550. The smallest absolute Gasteiger partial charge is 0.0350 e. The van der Waals surface area contributed by atoms with E-state index in [-0.39, 0.29) is 0 Å². The van der Waals surface area contributed by atoms with Gasteiger partial charge in [0, 0.05) is 16.9 Å². The highest BCUT2D eigenvalue weighted by atomic mass is 32.2. The maximum atomic E-state index is 8.55. The summed E-state index contributed by atoms with van der Waals surface area (Å²) in [4.78, 5) is 0.889. The Morgan fingerprint density at radius 2 is 1.55 bits per heavy atom. The first-order valence-corrected chi connectivity index (χ1v) is 3.68. The summed E-state index contributed by atoms with van der Waals surface area (Å²) in [6, 6.07) is 7.72. The summed E-state index contributed by atoms with van der Waals surface area (Å²) in [5.41, 5.74) is 1.22. The standard InChI is InChI=1S/C7H8OS.H2O2/c1-6-2-4-7(9-8)5-3-6;1-2/h2-5,8H,1H3;1-2H. The fourth-order valence-corrected chi connectivity index (χ4v) is 0.857. The lowest BCUT2D eigenvalue weighted by molar-refractivity contribution is -0.176. The summed E-state index contributed by atoms with van der Waals surface area (Å²) in [6.07, 6.45) is 0. The molecule has 62 valence electrons. The zero-order chi connectivity index (χ0) is 8.69. The summed E-state index contributed by atoms with van der Waals surface area (Å²) >= 11 is 0.777. The molecule has 0 spiro atoms. The Morgan fingerprint density at radius 1 is 1.09 bits per heavy atom. The van der Waals surface area contributed by atoms with Crippen LogP contribution in [0.3, 0.4) is 0 Å². The fraction of sp³-hybridized carbons (Fsp3) is 0.143. The second-order valence-electron chi connectivity index (χ2n) is 1.90. The average molecular weight is 174 g/mol. The molecule has 0 heterocycles. The lowest BCUT2D eigenvalue weighted by atomic mass is 10.2. The highest BCUT2D eigenvalue weighted by Gasteiger charge is 1.87. The van der Waals surface area contributed by atoms with Crippen LogP contribution in [0, 0.1) is 6.92 Å². The van der Waals surface area contributed by atoms with Crippen LogP contribution < -0.4 is 0 Å². The van der Waals surface area contributed by atoms with Gasteiger partial charge >= 0.3 is 0 Å². The largest absolute Gasteiger partial charge is 0.325 e. The lowest BCUT2D eigenvalue weighted by Crippen LogP contribution is -1.70. The van der Waals surface area contributed by atoms with Crippen LogP contribution >= 0.6 is 12.0 Å². The molecule has 1 aromatic rings. The van der Waals surface area contributed by atoms with Crippen molar-refractivity contribution in [1.82, 2.24) is 0 Å². The second-order valence-corrected chi connectivity index (χ2v) is 2.56. The van der Waals surface area contributed by atoms with E-state index < -0.39 is 0 Å². The van der Waals surface area contributed by atoms with Crippen LogP contribution in [0.4, 0.5) is 0 Å². The first kappa shape index (κ1) is 10.4. The van der Waals surface area contributed by atoms with Gasteiger partial charge in [0.1, 0.15) is 0 Å². The third kappa shape index (κ3) is 4.00. The Labute approximate surface area is 69.4 Å². The average Bonchev–Trinajstić information content (AvgIpc) is 2.10. The molecule has 0 atom stereocenters. The molecule has 3 nitrogen and oxygen atoms in total. The van der Waals surface area contributed by atoms with Crippen LogP contribution in [0.15, 0.2) is 29.2 Å². The molecule has 1 rings (SSSR count). The fourth-order valence-electron chi connectivity index (χ4n) is 0.599. The molecule has 0 aromatic heterocycles. The van der Waals surface area contributed by atoms with Gasteiger partial charge < -0.3 is 4.55 Å². The van der Waals surface area contributed by atoms with Gasteiger partial charge in [-0.1, -0.05) is 17.7 Å². The molecule has 4 heteroatoms. The second kappa shape index (κ2) is 6.18. The topological polar surface area (TPSA) is 60.7 Å². The molecule has 0 aliphatic carbocycles. The SMILES string of the molecule is Cc1ccc(SO)cc1.OO. The van der Waals surface area contributed by atoms with Crippen molar-refractivity contribution < 1.29 is 15.1 Å². The minimum Gasteiger partial charge on any atom is -0.325 e. The number of rotatable bonds is 1. The van der Waals surface area contributed by atoms with Gasteiger partial charge in [-0.3, -0.25) is 10.5 Å². The van der Waals surface area contributed by atoms with Crippen LogP contribution in [-0.4, -0.2) is 15.1 Å². The van der Waals surface area contributed by atoms with Crippen LogP contribution in [-0.2, 0) is 0 Å². The third-order valence-corrected chi connectivity index (χ3v) is 1.61. The van der Waals surface area contributed by atoms with E-state index in [4.69, 9.17) is 15.1 Å². The molecule has 0 amide bonds. The number of hydrogen-bond acceptors (Lipinski definition) is 4. The molecule has 0 aliphatic rings. The van der Waals surface area contributed by atoms with Gasteiger partial charge in [-0.05, 0) is 19.1 Å². The maximum Gasteiger partial charge on any atom is 0.0350 e. The van der Waals surface area contributed by atoms with Crippen LogP contribution in [0.25, 0.3) is 0 Å². The molecule has 0 unspecified atom stereocenters. The third-order valence-electron chi connectivity index (χ3n) is 1.13. The minimum absolute atomic E-state index is 0.777. The quantitative estimate of drug-likeness (QED) is 0.348. The van der Waals surface area contributed by atoms with Crippen molar-refractivity contribution in [3.8, 4) is 0 Å². The number of aryl methyl sites for hydroxylation is 1. The van der Waals surface area contributed by atoms with Gasteiger partial charge in [0.25, 0.3) is 0 Å². The Morgan fingerprint density at radius 3 is 1.91 bits per heavy atom. The van der Waals surface area contributed by atoms with Crippen molar-refractivity contribution in [2.75, 3.05) is 0 Å². The Bertz CT molecular complexity index is 185. The Balaban J connectivity index is 0.000000461. The molecular weight excluding hydrogens is 164 g/mol. The van der Waals surface area contributed by atoms with Crippen LogP contribution in [0.5, 0.6) is 0 Å². The van der Waals surface area contributed by atoms with Crippen molar-refractivity contribution in [2.45, 2.75) is 11.8 Å². The van der Waals surface area contributed by atoms with Gasteiger partial charge in [-0.2, -0.15) is 0 Å². The van der Waals surface area contributed by atoms with E-state index in [1.54, 1.807) is 0 Å². The van der Waals surface area contributed by atoms with E-state index in [2.05, 4.69) is 0 Å². The first-order valence-electron chi connectivity index (χ1n) is 2.91. The van der Waals surface area contributed by atoms with Gasteiger partial charge in [-0.25, -0.2) is 0 Å². The van der Waals surface area contributed by atoms with E-state index in [0.717, 1.165) is 16.9 Å². The summed E-state index contributed by atoms with van der Waals surface area (Å²) < 4.78 is 8.55. The van der Waals surface area contributed by atoms with Gasteiger partial charge in [0.05, 0.1) is 0 Å². The highest BCUT2D eigenvalue weighted by Crippen LogP contribution is 2.13. The zero-order valence-corrected chi connectivity index (χ0v) is 6.88. The zero-order valence-electron chi connectivity index (χ0n) is 6.06. The van der Waals surface area contributed by atoms with Crippen LogP contribution in [0.1, 0.15) is 5.56 Å². The molecule has 11 heavy (non-hydrogen) atoms. The molecule has 3 N–H and O–H groups in total. The molecule has 0 aliphatic heterocycles. The van der Waals surface area contributed by atoms with Crippen molar-refractivity contribution >= 4 is 12.0 Å². The maximum absolute atomic E-state index is 8.55. The summed E-state index contributed by atoms with van der Waals surface area (Å²) in [6.45, 7) is 2.02. The van der Waals surface area contributed by atoms with Gasteiger partial charge in [-0.15, -0.1) is 0 Å². The Kier molecular flexibility index (Phi) is 5.87.